The number of benzene rings is 1. The van der Waals surface area contributed by atoms with E-state index in [1.165, 1.54) is 6.07 Å². The van der Waals surface area contributed by atoms with Crippen molar-refractivity contribution >= 4 is 23.3 Å². The standard InChI is InChI=1S/C13H13NO6/c1-19-12(16)10-9(11(15)13(17)20-2)7-5-3-4-6-8(7)14(10)18/h3-6,9,11,15H,1-2H3. The predicted molar refractivity (Wildman–Crippen MR) is 67.5 cm³/mol. The molecule has 1 heterocycles. The molecule has 0 saturated carbocycles. The molecule has 0 spiro atoms. The van der Waals surface area contributed by atoms with E-state index in [0.717, 1.165) is 14.2 Å². The molecule has 106 valence electrons. The molecule has 0 radical (unpaired) electrons. The normalized spacial score (nSPS) is 18.4. The lowest BCUT2D eigenvalue weighted by molar-refractivity contribution is -0.357. The smallest absolute Gasteiger partial charge is 0.400 e. The fraction of sp³-hybridized carbons (Fsp3) is 0.308. The number of nitrogens with zero attached hydrogens (tertiary/aromatic N) is 1. The van der Waals surface area contributed by atoms with Crippen molar-refractivity contribution < 1.29 is 28.9 Å². The van der Waals surface area contributed by atoms with Gasteiger partial charge in [0, 0.05) is 11.6 Å². The zero-order chi connectivity index (χ0) is 14.9. The summed E-state index contributed by atoms with van der Waals surface area (Å²) in [4.78, 5) is 23.3. The Balaban J connectivity index is 2.57. The number of fused-ring (bicyclic) bond motifs is 1. The second-order valence-corrected chi connectivity index (χ2v) is 4.18. The van der Waals surface area contributed by atoms with E-state index >= 15 is 0 Å². The summed E-state index contributed by atoms with van der Waals surface area (Å²) in [6, 6.07) is 6.32. The maximum absolute atomic E-state index is 12.1. The summed E-state index contributed by atoms with van der Waals surface area (Å²) < 4.78 is 9.38. The number of carbonyl (C=O) groups is 2. The van der Waals surface area contributed by atoms with Crippen molar-refractivity contribution in [3.8, 4) is 0 Å². The molecule has 1 aliphatic rings. The maximum Gasteiger partial charge on any atom is 0.400 e. The number of carbonyl (C=O) groups excluding carboxylic acids is 2. The van der Waals surface area contributed by atoms with Gasteiger partial charge in [-0.25, -0.2) is 9.59 Å². The van der Waals surface area contributed by atoms with Crippen LogP contribution < -0.4 is 0 Å². The van der Waals surface area contributed by atoms with Gasteiger partial charge in [-0.3, -0.25) is 0 Å². The number of ether oxygens (including phenoxy) is 2. The largest absolute Gasteiger partial charge is 0.618 e. The molecule has 1 N–H and O–H groups in total. The summed E-state index contributed by atoms with van der Waals surface area (Å²) in [5.74, 6) is -2.94. The fourth-order valence-electron chi connectivity index (χ4n) is 2.23. The minimum atomic E-state index is -1.66. The number of methoxy groups -OCH3 is 2. The van der Waals surface area contributed by atoms with Gasteiger partial charge < -0.3 is 19.8 Å². The molecule has 0 bridgehead atoms. The molecule has 2 rings (SSSR count). The summed E-state index contributed by atoms with van der Waals surface area (Å²) in [7, 11) is 2.23. The Bertz CT molecular complexity index is 594. The number of aliphatic hydroxyl groups excluding tert-OH is 1. The summed E-state index contributed by atoms with van der Waals surface area (Å²) in [5.41, 5.74) is 0.230. The van der Waals surface area contributed by atoms with Crippen LogP contribution in [0.25, 0.3) is 0 Å². The third kappa shape index (κ3) is 2.01. The van der Waals surface area contributed by atoms with Gasteiger partial charge in [0.1, 0.15) is 5.92 Å². The molecule has 0 fully saturated rings. The monoisotopic (exact) mass is 279 g/mol. The number of hydrogen-bond acceptors (Lipinski definition) is 6. The fourth-order valence-corrected chi connectivity index (χ4v) is 2.23. The maximum atomic E-state index is 12.1. The molecule has 0 amide bonds. The molecule has 2 unspecified atom stereocenters. The lowest BCUT2D eigenvalue weighted by Gasteiger charge is -2.14. The molecule has 0 saturated heterocycles. The average molecular weight is 279 g/mol. The third-order valence-corrected chi connectivity index (χ3v) is 3.16. The molecule has 2 atom stereocenters. The van der Waals surface area contributed by atoms with E-state index in [1.807, 2.05) is 0 Å². The van der Waals surface area contributed by atoms with Crippen molar-refractivity contribution in [3.05, 3.63) is 35.0 Å². The number of rotatable bonds is 3. The van der Waals surface area contributed by atoms with Crippen molar-refractivity contribution in [2.24, 2.45) is 0 Å². The summed E-state index contributed by atoms with van der Waals surface area (Å²) in [6.07, 6.45) is -1.66. The van der Waals surface area contributed by atoms with Gasteiger partial charge in [-0.15, -0.1) is 0 Å². The van der Waals surface area contributed by atoms with Crippen molar-refractivity contribution in [1.29, 1.82) is 0 Å². The Labute approximate surface area is 114 Å². The first-order valence-corrected chi connectivity index (χ1v) is 5.80. The van der Waals surface area contributed by atoms with E-state index < -0.39 is 24.0 Å². The van der Waals surface area contributed by atoms with E-state index in [2.05, 4.69) is 9.47 Å². The van der Waals surface area contributed by atoms with Crippen molar-refractivity contribution in [1.82, 2.24) is 0 Å². The number of esters is 2. The molecule has 7 nitrogen and oxygen atoms in total. The zero-order valence-corrected chi connectivity index (χ0v) is 10.9. The third-order valence-electron chi connectivity index (χ3n) is 3.16. The van der Waals surface area contributed by atoms with Gasteiger partial charge in [0.2, 0.25) is 5.69 Å². The van der Waals surface area contributed by atoms with Crippen LogP contribution in [0.3, 0.4) is 0 Å². The van der Waals surface area contributed by atoms with Crippen LogP contribution in [0, 0.1) is 5.21 Å². The molecule has 0 aliphatic carbocycles. The van der Waals surface area contributed by atoms with Crippen LogP contribution in [-0.2, 0) is 19.1 Å². The van der Waals surface area contributed by atoms with Gasteiger partial charge >= 0.3 is 11.9 Å². The molecule has 0 aromatic heterocycles. The van der Waals surface area contributed by atoms with Crippen molar-refractivity contribution in [3.63, 3.8) is 0 Å². The van der Waals surface area contributed by atoms with E-state index in [-0.39, 0.29) is 11.4 Å². The molecule has 1 aromatic carbocycles. The van der Waals surface area contributed by atoms with E-state index in [1.54, 1.807) is 18.2 Å². The Morgan fingerprint density at radius 3 is 2.55 bits per heavy atom. The van der Waals surface area contributed by atoms with Crippen LogP contribution in [0.5, 0.6) is 0 Å². The lowest BCUT2D eigenvalue weighted by Crippen LogP contribution is -2.37. The molecule has 20 heavy (non-hydrogen) atoms. The van der Waals surface area contributed by atoms with Gasteiger partial charge in [-0.1, -0.05) is 18.2 Å². The van der Waals surface area contributed by atoms with Crippen LogP contribution in [-0.4, -0.2) is 47.8 Å². The van der Waals surface area contributed by atoms with Crippen molar-refractivity contribution in [2.75, 3.05) is 14.2 Å². The minimum absolute atomic E-state index is 0.195. The highest BCUT2D eigenvalue weighted by Gasteiger charge is 2.48. The molecular formula is C13H13NO6. The molecule has 7 heteroatoms. The van der Waals surface area contributed by atoms with Crippen LogP contribution in [0.4, 0.5) is 5.69 Å². The first kappa shape index (κ1) is 14.0. The summed E-state index contributed by atoms with van der Waals surface area (Å²) in [5, 5.41) is 22.2. The van der Waals surface area contributed by atoms with Crippen molar-refractivity contribution in [2.45, 2.75) is 12.0 Å². The van der Waals surface area contributed by atoms with Crippen LogP contribution in [0.15, 0.2) is 24.3 Å². The SMILES string of the molecule is COC(=O)C1=[N+]([O-])c2ccccc2C1C(O)C(=O)OC. The second-order valence-electron chi connectivity index (χ2n) is 4.18. The highest BCUT2D eigenvalue weighted by atomic mass is 16.5. The van der Waals surface area contributed by atoms with E-state index in [9.17, 15) is 19.9 Å². The van der Waals surface area contributed by atoms with Gasteiger partial charge in [0.05, 0.1) is 14.2 Å². The Morgan fingerprint density at radius 2 is 1.95 bits per heavy atom. The van der Waals surface area contributed by atoms with Crippen LogP contribution >= 0.6 is 0 Å². The topological polar surface area (TPSA) is 98.9 Å². The average Bonchev–Trinajstić information content (AvgIpc) is 2.78. The predicted octanol–water partition coefficient (Wildman–Crippen LogP) is 0.0735. The van der Waals surface area contributed by atoms with Gasteiger partial charge in [-0.2, -0.15) is 4.74 Å². The van der Waals surface area contributed by atoms with Crippen LogP contribution in [0.1, 0.15) is 11.5 Å². The summed E-state index contributed by atoms with van der Waals surface area (Å²) in [6.45, 7) is 0. The lowest BCUT2D eigenvalue weighted by atomic mass is 9.90. The van der Waals surface area contributed by atoms with E-state index in [0.29, 0.717) is 10.3 Å². The van der Waals surface area contributed by atoms with Gasteiger partial charge in [0.25, 0.3) is 5.71 Å². The highest BCUT2D eigenvalue weighted by molar-refractivity contribution is 6.38. The number of hydrogen-bond donors (Lipinski definition) is 1. The Hall–Kier alpha value is -2.41. The zero-order valence-electron chi connectivity index (χ0n) is 10.9. The van der Waals surface area contributed by atoms with Gasteiger partial charge in [-0.05, 0) is 0 Å². The minimum Gasteiger partial charge on any atom is -0.618 e. The highest BCUT2D eigenvalue weighted by Crippen LogP contribution is 2.37. The number of aliphatic hydroxyl groups is 1. The quantitative estimate of drug-likeness (QED) is 0.477. The van der Waals surface area contributed by atoms with Crippen LogP contribution in [0.2, 0.25) is 0 Å². The first-order chi connectivity index (χ1) is 9.52. The molecule has 1 aromatic rings. The van der Waals surface area contributed by atoms with E-state index in [4.69, 9.17) is 0 Å². The second kappa shape index (κ2) is 5.30. The first-order valence-electron chi connectivity index (χ1n) is 5.80. The summed E-state index contributed by atoms with van der Waals surface area (Å²) >= 11 is 0. The molecule has 1 aliphatic heterocycles. The Morgan fingerprint density at radius 1 is 1.30 bits per heavy atom. The Kier molecular flexibility index (Phi) is 3.71. The molecular weight excluding hydrogens is 266 g/mol. The van der Waals surface area contributed by atoms with Gasteiger partial charge in [0.15, 0.2) is 6.10 Å². The number of para-hydroxylation sites is 1.